The fraction of sp³-hybridized carbons (Fsp3) is 0.750. The van der Waals surface area contributed by atoms with Gasteiger partial charge in [-0.25, -0.2) is 0 Å². The second-order valence-corrected chi connectivity index (χ2v) is 3.11. The Morgan fingerprint density at radius 1 is 1.83 bits per heavy atom. The molecule has 6 heavy (non-hydrogen) atoms. The molecule has 0 aliphatic carbocycles. The fourth-order valence-electron chi connectivity index (χ4n) is 0. The van der Waals surface area contributed by atoms with Crippen molar-refractivity contribution in [3.8, 4) is 0 Å². The molecule has 2 heteroatoms. The SMILES string of the molecule is [CH2][C@@H](C)[S+](C)[O-]. The van der Waals surface area contributed by atoms with Crippen molar-refractivity contribution >= 4 is 11.2 Å². The zero-order valence-corrected chi connectivity index (χ0v) is 4.92. The van der Waals surface area contributed by atoms with Crippen LogP contribution in [0.4, 0.5) is 0 Å². The highest BCUT2D eigenvalue weighted by atomic mass is 32.2. The summed E-state index contributed by atoms with van der Waals surface area (Å²) >= 11 is -0.728. The molecule has 0 aromatic rings. The number of hydrogen-bond donors (Lipinski definition) is 0. The summed E-state index contributed by atoms with van der Waals surface area (Å²) < 4.78 is 10.2. The summed E-state index contributed by atoms with van der Waals surface area (Å²) in [7, 11) is 0. The first-order valence-corrected chi connectivity index (χ1v) is 3.42. The summed E-state index contributed by atoms with van der Waals surface area (Å²) in [5.74, 6) is 0. The second-order valence-electron chi connectivity index (χ2n) is 1.31. The number of rotatable bonds is 1. The quantitative estimate of drug-likeness (QED) is 0.447. The van der Waals surface area contributed by atoms with E-state index >= 15 is 0 Å². The van der Waals surface area contributed by atoms with Gasteiger partial charge in [0.25, 0.3) is 0 Å². The normalized spacial score (nSPS) is 15.5. The summed E-state index contributed by atoms with van der Waals surface area (Å²) in [5, 5.41) is 0.0741. The maximum absolute atomic E-state index is 10.2. The molecule has 0 amide bonds. The van der Waals surface area contributed by atoms with Crippen LogP contribution in [0.2, 0.25) is 0 Å². The van der Waals surface area contributed by atoms with Gasteiger partial charge in [0.15, 0.2) is 0 Å². The van der Waals surface area contributed by atoms with E-state index in [9.17, 15) is 4.55 Å². The van der Waals surface area contributed by atoms with Crippen LogP contribution in [-0.2, 0) is 11.2 Å². The molecule has 0 aromatic heterocycles. The third-order valence-corrected chi connectivity index (χ3v) is 1.70. The van der Waals surface area contributed by atoms with Crippen molar-refractivity contribution in [1.82, 2.24) is 0 Å². The van der Waals surface area contributed by atoms with Gasteiger partial charge in [-0.3, -0.25) is 0 Å². The summed E-state index contributed by atoms with van der Waals surface area (Å²) in [6.07, 6.45) is 1.65. The van der Waals surface area contributed by atoms with Crippen LogP contribution in [0.15, 0.2) is 0 Å². The highest BCUT2D eigenvalue weighted by molar-refractivity contribution is 7.91. The monoisotopic (exact) mass is 105 g/mol. The van der Waals surface area contributed by atoms with Crippen LogP contribution in [0, 0.1) is 6.92 Å². The molecule has 0 bridgehead atoms. The third-order valence-electron chi connectivity index (χ3n) is 0.567. The first-order valence-electron chi connectivity index (χ1n) is 1.80. The van der Waals surface area contributed by atoms with Gasteiger partial charge in [-0.15, -0.1) is 0 Å². The lowest BCUT2D eigenvalue weighted by Crippen LogP contribution is -2.10. The minimum absolute atomic E-state index is 0.0741. The minimum Gasteiger partial charge on any atom is -0.616 e. The van der Waals surface area contributed by atoms with E-state index in [1.165, 1.54) is 0 Å². The van der Waals surface area contributed by atoms with E-state index in [1.54, 1.807) is 6.26 Å². The maximum Gasteiger partial charge on any atom is 0.112 e. The molecule has 0 saturated heterocycles. The Kier molecular flexibility index (Phi) is 2.61. The Bertz CT molecular complexity index is 28.5. The largest absolute Gasteiger partial charge is 0.616 e. The van der Waals surface area contributed by atoms with Crippen molar-refractivity contribution in [3.05, 3.63) is 6.92 Å². The van der Waals surface area contributed by atoms with E-state index in [1.807, 2.05) is 6.92 Å². The first-order chi connectivity index (χ1) is 2.64. The Balaban J connectivity index is 2.99. The Morgan fingerprint density at radius 3 is 2.00 bits per heavy atom. The van der Waals surface area contributed by atoms with Crippen LogP contribution in [-0.4, -0.2) is 16.1 Å². The topological polar surface area (TPSA) is 23.1 Å². The Hall–Kier alpha value is 0.310. The molecule has 1 radical (unpaired) electrons. The lowest BCUT2D eigenvalue weighted by molar-refractivity contribution is 0.596. The summed E-state index contributed by atoms with van der Waals surface area (Å²) in [4.78, 5) is 0. The second kappa shape index (κ2) is 2.48. The van der Waals surface area contributed by atoms with Crippen LogP contribution >= 0.6 is 0 Å². The maximum atomic E-state index is 10.2. The van der Waals surface area contributed by atoms with E-state index in [4.69, 9.17) is 0 Å². The van der Waals surface area contributed by atoms with E-state index in [2.05, 4.69) is 6.92 Å². The molecule has 0 fully saturated rings. The van der Waals surface area contributed by atoms with Gasteiger partial charge < -0.3 is 4.55 Å². The van der Waals surface area contributed by atoms with Gasteiger partial charge in [0.1, 0.15) is 5.25 Å². The van der Waals surface area contributed by atoms with Gasteiger partial charge in [-0.2, -0.15) is 0 Å². The Labute approximate surface area is 41.9 Å². The molecule has 1 unspecified atom stereocenters. The predicted octanol–water partition coefficient (Wildman–Crippen LogP) is 0.587. The van der Waals surface area contributed by atoms with Crippen molar-refractivity contribution < 1.29 is 4.55 Å². The van der Waals surface area contributed by atoms with Crippen molar-refractivity contribution in [1.29, 1.82) is 0 Å². The highest BCUT2D eigenvalue weighted by Crippen LogP contribution is 1.91. The smallest absolute Gasteiger partial charge is 0.112 e. The van der Waals surface area contributed by atoms with Gasteiger partial charge in [-0.1, -0.05) is 11.2 Å². The zero-order valence-electron chi connectivity index (χ0n) is 4.10. The van der Waals surface area contributed by atoms with Crippen molar-refractivity contribution in [2.45, 2.75) is 12.2 Å². The molecule has 0 heterocycles. The average molecular weight is 105 g/mol. The van der Waals surface area contributed by atoms with Crippen LogP contribution in [0.25, 0.3) is 0 Å². The molecule has 0 saturated carbocycles. The van der Waals surface area contributed by atoms with Gasteiger partial charge in [0.05, 0.1) is 6.26 Å². The summed E-state index contributed by atoms with van der Waals surface area (Å²) in [6, 6.07) is 0. The molecule has 0 rings (SSSR count). The molecule has 2 atom stereocenters. The van der Waals surface area contributed by atoms with Crippen LogP contribution < -0.4 is 0 Å². The summed E-state index contributed by atoms with van der Waals surface area (Å²) in [6.45, 7) is 5.37. The van der Waals surface area contributed by atoms with Crippen molar-refractivity contribution in [3.63, 3.8) is 0 Å². The van der Waals surface area contributed by atoms with Crippen molar-refractivity contribution in [2.75, 3.05) is 6.26 Å². The molecule has 0 aliphatic heterocycles. The van der Waals surface area contributed by atoms with E-state index in [0.29, 0.717) is 0 Å². The minimum atomic E-state index is -0.728. The van der Waals surface area contributed by atoms with Crippen LogP contribution in [0.3, 0.4) is 0 Å². The molecular weight excluding hydrogens is 96.1 g/mol. The van der Waals surface area contributed by atoms with Gasteiger partial charge >= 0.3 is 0 Å². The van der Waals surface area contributed by atoms with Crippen LogP contribution in [0.5, 0.6) is 0 Å². The van der Waals surface area contributed by atoms with E-state index in [-0.39, 0.29) is 5.25 Å². The molecule has 37 valence electrons. The highest BCUT2D eigenvalue weighted by Gasteiger charge is 1.99. The van der Waals surface area contributed by atoms with Gasteiger partial charge in [-0.05, 0) is 13.8 Å². The third kappa shape index (κ3) is 2.54. The molecular formula is C4H9OS. The standard InChI is InChI=1S/C4H9OS/c1-4(2)6(3)5/h4H,1H2,2-3H3/t4-,6?/m0/s1. The molecule has 0 N–H and O–H groups in total. The van der Waals surface area contributed by atoms with Gasteiger partial charge in [0.2, 0.25) is 0 Å². The van der Waals surface area contributed by atoms with E-state index < -0.39 is 11.2 Å². The summed E-state index contributed by atoms with van der Waals surface area (Å²) in [5.41, 5.74) is 0. The predicted molar refractivity (Wildman–Crippen MR) is 28.9 cm³/mol. The van der Waals surface area contributed by atoms with Gasteiger partial charge in [0, 0.05) is 0 Å². The molecule has 1 nitrogen and oxygen atoms in total. The Morgan fingerprint density at radius 2 is 2.00 bits per heavy atom. The van der Waals surface area contributed by atoms with E-state index in [0.717, 1.165) is 0 Å². The molecule has 0 spiro atoms. The number of hydrogen-bond acceptors (Lipinski definition) is 1. The van der Waals surface area contributed by atoms with Crippen LogP contribution in [0.1, 0.15) is 6.92 Å². The molecule has 0 aromatic carbocycles. The first kappa shape index (κ1) is 6.31. The lowest BCUT2D eigenvalue weighted by atomic mass is 10.6. The fourth-order valence-corrected chi connectivity index (χ4v) is 0. The lowest BCUT2D eigenvalue weighted by Gasteiger charge is -2.05. The molecule has 0 aliphatic rings. The van der Waals surface area contributed by atoms with Crippen molar-refractivity contribution in [2.24, 2.45) is 0 Å². The zero-order chi connectivity index (χ0) is 5.15. The average Bonchev–Trinajstić information content (AvgIpc) is 1.36.